The molecular weight excluding hydrogens is 338 g/mol. The monoisotopic (exact) mass is 370 g/mol. The van der Waals surface area contributed by atoms with E-state index in [1.54, 1.807) is 0 Å². The molecule has 0 spiro atoms. The maximum Gasteiger partial charge on any atom is 0.249 e. The molecule has 0 unspecified atom stereocenters. The molecule has 0 aromatic heterocycles. The Morgan fingerprint density at radius 1 is 0.852 bits per heavy atom. The zero-order valence-electron chi connectivity index (χ0n) is 16.7. The van der Waals surface area contributed by atoms with Crippen molar-refractivity contribution in [2.24, 2.45) is 5.92 Å². The minimum absolute atomic E-state index is 0.201. The van der Waals surface area contributed by atoms with E-state index in [2.05, 4.69) is 31.2 Å². The van der Waals surface area contributed by atoms with Crippen LogP contribution in [0.4, 0.5) is 8.78 Å². The predicted octanol–water partition coefficient (Wildman–Crippen LogP) is 8.02. The van der Waals surface area contributed by atoms with Crippen LogP contribution in [0.5, 0.6) is 0 Å². The third-order valence-corrected chi connectivity index (χ3v) is 6.00. The Bertz CT molecular complexity index is 687. The second-order valence-electron chi connectivity index (χ2n) is 8.43. The van der Waals surface area contributed by atoms with Gasteiger partial charge in [-0.05, 0) is 66.7 Å². The van der Waals surface area contributed by atoms with Gasteiger partial charge in [0, 0.05) is 6.42 Å². The zero-order valence-corrected chi connectivity index (χ0v) is 16.7. The maximum absolute atomic E-state index is 13.1. The average Bonchev–Trinajstić information content (AvgIpc) is 2.66. The van der Waals surface area contributed by atoms with Gasteiger partial charge in [-0.15, -0.1) is 0 Å². The number of rotatable bonds is 7. The molecular formula is C25H32F2. The summed E-state index contributed by atoms with van der Waals surface area (Å²) in [5.74, 6) is -1.01. The molecule has 146 valence electrons. The summed E-state index contributed by atoms with van der Waals surface area (Å²) < 4.78 is 26.3. The van der Waals surface area contributed by atoms with Gasteiger partial charge >= 0.3 is 0 Å². The van der Waals surface area contributed by atoms with Crippen LogP contribution < -0.4 is 0 Å². The summed E-state index contributed by atoms with van der Waals surface area (Å²) in [4.78, 5) is 0. The molecule has 0 heterocycles. The Kier molecular flexibility index (Phi) is 6.68. The highest BCUT2D eigenvalue weighted by molar-refractivity contribution is 5.64. The number of halogens is 2. The third kappa shape index (κ3) is 5.89. The molecule has 0 atom stereocenters. The minimum Gasteiger partial charge on any atom is -0.207 e. The molecule has 3 rings (SSSR count). The Balaban J connectivity index is 1.59. The Morgan fingerprint density at radius 2 is 1.41 bits per heavy atom. The van der Waals surface area contributed by atoms with E-state index < -0.39 is 5.92 Å². The number of benzene rings is 2. The van der Waals surface area contributed by atoms with Gasteiger partial charge in [-0.25, -0.2) is 8.78 Å². The Labute approximate surface area is 163 Å². The van der Waals surface area contributed by atoms with E-state index in [-0.39, 0.29) is 6.42 Å². The van der Waals surface area contributed by atoms with Crippen molar-refractivity contribution in [2.75, 3.05) is 0 Å². The van der Waals surface area contributed by atoms with Crippen LogP contribution in [0.1, 0.15) is 75.8 Å². The van der Waals surface area contributed by atoms with Crippen molar-refractivity contribution in [3.63, 3.8) is 0 Å². The molecule has 27 heavy (non-hydrogen) atoms. The summed E-state index contributed by atoms with van der Waals surface area (Å²) in [7, 11) is 0. The molecule has 0 bridgehead atoms. The summed E-state index contributed by atoms with van der Waals surface area (Å²) >= 11 is 0. The van der Waals surface area contributed by atoms with Crippen LogP contribution in [0.2, 0.25) is 0 Å². The summed E-state index contributed by atoms with van der Waals surface area (Å²) in [6.45, 7) is 3.25. The van der Waals surface area contributed by atoms with E-state index in [1.807, 2.05) is 24.3 Å². The number of hydrogen-bond acceptors (Lipinski definition) is 0. The zero-order chi connectivity index (χ0) is 19.3. The van der Waals surface area contributed by atoms with E-state index in [1.165, 1.54) is 50.5 Å². The average molecular weight is 371 g/mol. The maximum atomic E-state index is 13.1. The lowest BCUT2D eigenvalue weighted by Crippen LogP contribution is -2.13. The second-order valence-corrected chi connectivity index (χ2v) is 8.43. The number of hydrogen-bond donors (Lipinski definition) is 0. The van der Waals surface area contributed by atoms with Gasteiger partial charge in [-0.3, -0.25) is 0 Å². The van der Waals surface area contributed by atoms with Crippen LogP contribution in [0.3, 0.4) is 0 Å². The number of alkyl halides is 2. The highest BCUT2D eigenvalue weighted by atomic mass is 19.3. The fraction of sp³-hybridized carbons (Fsp3) is 0.520. The van der Waals surface area contributed by atoms with E-state index in [9.17, 15) is 8.78 Å². The van der Waals surface area contributed by atoms with Crippen LogP contribution >= 0.6 is 0 Å². The van der Waals surface area contributed by atoms with E-state index in [4.69, 9.17) is 0 Å². The van der Waals surface area contributed by atoms with Crippen molar-refractivity contribution in [3.8, 4) is 11.1 Å². The first-order chi connectivity index (χ1) is 12.9. The highest BCUT2D eigenvalue weighted by Crippen LogP contribution is 2.38. The molecule has 0 aliphatic heterocycles. The molecule has 0 nitrogen and oxygen atoms in total. The summed E-state index contributed by atoms with van der Waals surface area (Å²) in [5, 5.41) is 0. The summed E-state index contributed by atoms with van der Waals surface area (Å²) in [5.41, 5.74) is 4.39. The van der Waals surface area contributed by atoms with Crippen LogP contribution in [0.25, 0.3) is 11.1 Å². The largest absolute Gasteiger partial charge is 0.249 e. The fourth-order valence-corrected chi connectivity index (χ4v) is 4.40. The smallest absolute Gasteiger partial charge is 0.207 e. The molecule has 0 N–H and O–H groups in total. The molecule has 0 saturated heterocycles. The van der Waals surface area contributed by atoms with E-state index >= 15 is 0 Å². The van der Waals surface area contributed by atoms with Gasteiger partial charge in [0.15, 0.2) is 0 Å². The molecule has 1 saturated carbocycles. The van der Waals surface area contributed by atoms with Gasteiger partial charge in [0.25, 0.3) is 0 Å². The lowest BCUT2D eigenvalue weighted by molar-refractivity contribution is 0.0226. The van der Waals surface area contributed by atoms with Gasteiger partial charge in [0.2, 0.25) is 5.92 Å². The van der Waals surface area contributed by atoms with Crippen molar-refractivity contribution in [1.82, 2.24) is 0 Å². The first kappa shape index (κ1) is 20.0. The molecule has 2 heteroatoms. The normalized spacial score (nSPS) is 20.6. The number of unbranched alkanes of at least 4 members (excludes halogenated alkanes) is 1. The van der Waals surface area contributed by atoms with E-state index in [0.717, 1.165) is 24.0 Å². The van der Waals surface area contributed by atoms with E-state index in [0.29, 0.717) is 11.5 Å². The van der Waals surface area contributed by atoms with Gasteiger partial charge in [0.1, 0.15) is 0 Å². The second kappa shape index (κ2) is 8.99. The predicted molar refractivity (Wildman–Crippen MR) is 110 cm³/mol. The Hall–Kier alpha value is -1.70. The minimum atomic E-state index is -2.65. The molecule has 1 aliphatic carbocycles. The molecule has 2 aromatic rings. The topological polar surface area (TPSA) is 0 Å². The quantitative estimate of drug-likeness (QED) is 0.463. The van der Waals surface area contributed by atoms with Crippen molar-refractivity contribution < 1.29 is 8.78 Å². The van der Waals surface area contributed by atoms with Crippen molar-refractivity contribution in [3.05, 3.63) is 59.7 Å². The van der Waals surface area contributed by atoms with Crippen molar-refractivity contribution in [1.29, 1.82) is 0 Å². The lowest BCUT2D eigenvalue weighted by Gasteiger charge is -2.29. The van der Waals surface area contributed by atoms with Crippen LogP contribution in [-0.2, 0) is 6.42 Å². The third-order valence-electron chi connectivity index (χ3n) is 6.00. The van der Waals surface area contributed by atoms with Crippen LogP contribution in [0, 0.1) is 5.92 Å². The van der Waals surface area contributed by atoms with Gasteiger partial charge < -0.3 is 0 Å². The molecule has 0 radical (unpaired) electrons. The SMILES string of the molecule is CCCC[C@H]1CC[C@H](c2ccc(-c3ccc(CC(C)(F)F)cc3)cc2)CC1. The molecule has 2 aromatic carbocycles. The van der Waals surface area contributed by atoms with Gasteiger partial charge in [-0.1, -0.05) is 74.7 Å². The van der Waals surface area contributed by atoms with Gasteiger partial charge in [-0.2, -0.15) is 0 Å². The van der Waals surface area contributed by atoms with Crippen LogP contribution in [-0.4, -0.2) is 5.92 Å². The Morgan fingerprint density at radius 3 is 1.93 bits per heavy atom. The summed E-state index contributed by atoms with van der Waals surface area (Å²) in [6.07, 6.45) is 9.25. The first-order valence-electron chi connectivity index (χ1n) is 10.5. The molecule has 1 aliphatic rings. The molecule has 0 amide bonds. The van der Waals surface area contributed by atoms with Crippen LogP contribution in [0.15, 0.2) is 48.5 Å². The van der Waals surface area contributed by atoms with Crippen molar-refractivity contribution >= 4 is 0 Å². The lowest BCUT2D eigenvalue weighted by atomic mass is 9.77. The van der Waals surface area contributed by atoms with Gasteiger partial charge in [0.05, 0.1) is 0 Å². The summed E-state index contributed by atoms with van der Waals surface area (Å²) in [6, 6.07) is 16.4. The first-order valence-corrected chi connectivity index (χ1v) is 10.5. The fourth-order valence-electron chi connectivity index (χ4n) is 4.40. The van der Waals surface area contributed by atoms with Crippen molar-refractivity contribution in [2.45, 2.75) is 77.1 Å². The standard InChI is InChI=1S/C25H32F2/c1-3-4-5-19-6-10-21(11-7-19)23-14-16-24(17-15-23)22-12-8-20(9-13-22)18-25(2,26)27/h8-9,12-17,19,21H,3-7,10-11,18H2,1-2H3/t19-,21-. The molecule has 1 fully saturated rings. The highest BCUT2D eigenvalue weighted by Gasteiger charge is 2.22.